The second-order valence-corrected chi connectivity index (χ2v) is 8.63. The molecule has 0 spiro atoms. The highest BCUT2D eigenvalue weighted by atomic mass is 19.2. The van der Waals surface area contributed by atoms with Crippen molar-refractivity contribution in [3.8, 4) is 0 Å². The number of nitrogen functional groups attached to an aromatic ring is 1. The first-order chi connectivity index (χ1) is 16.8. The number of halogens is 2. The van der Waals surface area contributed by atoms with E-state index in [1.807, 2.05) is 31.3 Å². The highest BCUT2D eigenvalue weighted by Crippen LogP contribution is 2.33. The molecule has 6 nitrogen and oxygen atoms in total. The number of benzene rings is 3. The van der Waals surface area contributed by atoms with E-state index in [0.717, 1.165) is 23.3 Å². The summed E-state index contributed by atoms with van der Waals surface area (Å²) in [4.78, 5) is 27.2. The summed E-state index contributed by atoms with van der Waals surface area (Å²) in [6.45, 7) is 1.23. The first kappa shape index (κ1) is 24.1. The molecule has 4 rings (SSSR count). The number of likely N-dealkylation sites (N-methyl/N-ethyl adjacent to an activating group) is 1. The molecular weight excluding hydrogens is 450 g/mol. The first-order valence-electron chi connectivity index (χ1n) is 11.2. The van der Waals surface area contributed by atoms with Crippen LogP contribution in [0.1, 0.15) is 17.0 Å². The van der Waals surface area contributed by atoms with Crippen LogP contribution in [0.25, 0.3) is 6.08 Å². The van der Waals surface area contributed by atoms with Gasteiger partial charge in [0, 0.05) is 36.8 Å². The predicted octanol–water partition coefficient (Wildman–Crippen LogP) is 4.48. The Hall–Kier alpha value is -4.04. The Morgan fingerprint density at radius 3 is 2.43 bits per heavy atom. The van der Waals surface area contributed by atoms with E-state index in [1.54, 1.807) is 30.3 Å². The van der Waals surface area contributed by atoms with E-state index >= 15 is 0 Å². The number of anilines is 3. The molecule has 1 fully saturated rings. The minimum absolute atomic E-state index is 0.0623. The third-order valence-corrected chi connectivity index (χ3v) is 6.04. The van der Waals surface area contributed by atoms with Gasteiger partial charge < -0.3 is 21.3 Å². The summed E-state index contributed by atoms with van der Waals surface area (Å²) in [6.07, 6.45) is 3.13. The molecule has 0 bridgehead atoms. The van der Waals surface area contributed by atoms with Crippen LogP contribution in [0.3, 0.4) is 0 Å². The van der Waals surface area contributed by atoms with Gasteiger partial charge in [-0.15, -0.1) is 0 Å². The quantitative estimate of drug-likeness (QED) is 0.362. The molecule has 2 unspecified atom stereocenters. The maximum absolute atomic E-state index is 13.5. The van der Waals surface area contributed by atoms with Crippen molar-refractivity contribution in [1.29, 1.82) is 0 Å². The lowest BCUT2D eigenvalue weighted by molar-refractivity contribution is -0.119. The van der Waals surface area contributed by atoms with Gasteiger partial charge in [0.25, 0.3) is 0 Å². The average molecular weight is 477 g/mol. The number of likely N-dealkylation sites (tertiary alicyclic amines) is 1. The molecule has 8 heteroatoms. The first-order valence-corrected chi connectivity index (χ1v) is 11.2. The molecule has 35 heavy (non-hydrogen) atoms. The van der Waals surface area contributed by atoms with Crippen molar-refractivity contribution >= 4 is 35.0 Å². The van der Waals surface area contributed by atoms with Crippen molar-refractivity contribution < 1.29 is 18.4 Å². The lowest BCUT2D eigenvalue weighted by atomic mass is 9.88. The SMILES string of the molecule is CN1CC(C(=O)Nc2ccc(F)c(F)c2)C(c2ccc(/C=C/C(=O)Nc3ccccc3N)cc2)C1. The Kier molecular flexibility index (Phi) is 7.22. The van der Waals surface area contributed by atoms with Crippen LogP contribution < -0.4 is 16.4 Å². The van der Waals surface area contributed by atoms with Crippen LogP contribution in [0.15, 0.2) is 72.8 Å². The van der Waals surface area contributed by atoms with Gasteiger partial charge in [-0.3, -0.25) is 9.59 Å². The molecule has 1 aliphatic rings. The molecule has 2 atom stereocenters. The van der Waals surface area contributed by atoms with E-state index in [9.17, 15) is 18.4 Å². The number of nitrogens with zero attached hydrogens (tertiary/aromatic N) is 1. The third kappa shape index (κ3) is 5.91. The Morgan fingerprint density at radius 1 is 0.971 bits per heavy atom. The molecule has 0 aromatic heterocycles. The summed E-state index contributed by atoms with van der Waals surface area (Å²) in [5.74, 6) is -2.92. The Balaban J connectivity index is 1.41. The van der Waals surface area contributed by atoms with Gasteiger partial charge in [-0.1, -0.05) is 36.4 Å². The molecule has 3 aromatic rings. The summed E-state index contributed by atoms with van der Waals surface area (Å²) >= 11 is 0. The molecule has 1 heterocycles. The maximum atomic E-state index is 13.5. The summed E-state index contributed by atoms with van der Waals surface area (Å²) in [5.41, 5.74) is 8.93. The minimum atomic E-state index is -1.01. The number of hydrogen-bond acceptors (Lipinski definition) is 4. The number of para-hydroxylation sites is 2. The Morgan fingerprint density at radius 2 is 1.71 bits per heavy atom. The number of amides is 2. The number of nitrogens with one attached hydrogen (secondary N) is 2. The van der Waals surface area contributed by atoms with Gasteiger partial charge in [0.05, 0.1) is 17.3 Å². The van der Waals surface area contributed by atoms with E-state index in [-0.39, 0.29) is 29.3 Å². The third-order valence-electron chi connectivity index (χ3n) is 6.04. The van der Waals surface area contributed by atoms with Crippen LogP contribution >= 0.6 is 0 Å². The highest BCUT2D eigenvalue weighted by molar-refractivity contribution is 6.03. The second-order valence-electron chi connectivity index (χ2n) is 8.63. The number of nitrogens with two attached hydrogens (primary N) is 1. The van der Waals surface area contributed by atoms with Crippen molar-refractivity contribution in [2.24, 2.45) is 5.92 Å². The molecular formula is C27H26F2N4O2. The van der Waals surface area contributed by atoms with Crippen LogP contribution in [0.5, 0.6) is 0 Å². The van der Waals surface area contributed by atoms with Gasteiger partial charge in [0.15, 0.2) is 11.6 Å². The summed E-state index contributed by atoms with van der Waals surface area (Å²) < 4.78 is 26.7. The second kappa shape index (κ2) is 10.5. The van der Waals surface area contributed by atoms with Crippen LogP contribution in [0, 0.1) is 17.6 Å². The summed E-state index contributed by atoms with van der Waals surface area (Å²) in [7, 11) is 1.94. The summed E-state index contributed by atoms with van der Waals surface area (Å²) in [6, 6.07) is 18.0. The zero-order chi connectivity index (χ0) is 24.9. The van der Waals surface area contributed by atoms with Gasteiger partial charge in [0.1, 0.15) is 0 Å². The zero-order valence-electron chi connectivity index (χ0n) is 19.2. The fraction of sp³-hybridized carbons (Fsp3) is 0.185. The normalized spacial score (nSPS) is 18.0. The lowest BCUT2D eigenvalue weighted by Crippen LogP contribution is -2.28. The maximum Gasteiger partial charge on any atom is 0.248 e. The Bertz CT molecular complexity index is 1260. The zero-order valence-corrected chi connectivity index (χ0v) is 19.2. The van der Waals surface area contributed by atoms with Crippen molar-refractivity contribution in [1.82, 2.24) is 4.90 Å². The van der Waals surface area contributed by atoms with Crippen LogP contribution in [0.2, 0.25) is 0 Å². The van der Waals surface area contributed by atoms with E-state index in [1.165, 1.54) is 12.1 Å². The summed E-state index contributed by atoms with van der Waals surface area (Å²) in [5, 5.41) is 5.44. The van der Waals surface area contributed by atoms with Crippen LogP contribution in [0.4, 0.5) is 25.8 Å². The topological polar surface area (TPSA) is 87.5 Å². The molecule has 180 valence electrons. The van der Waals surface area contributed by atoms with Crippen molar-refractivity contribution in [2.45, 2.75) is 5.92 Å². The Labute approximate surface area is 202 Å². The van der Waals surface area contributed by atoms with Crippen LogP contribution in [-0.4, -0.2) is 36.9 Å². The minimum Gasteiger partial charge on any atom is -0.397 e. The molecule has 1 saturated heterocycles. The van der Waals surface area contributed by atoms with Gasteiger partial charge in [0.2, 0.25) is 11.8 Å². The predicted molar refractivity (Wildman–Crippen MR) is 134 cm³/mol. The highest BCUT2D eigenvalue weighted by Gasteiger charge is 2.37. The van der Waals surface area contributed by atoms with Crippen molar-refractivity contribution in [3.05, 3.63) is 95.6 Å². The van der Waals surface area contributed by atoms with Gasteiger partial charge >= 0.3 is 0 Å². The largest absolute Gasteiger partial charge is 0.397 e. The molecule has 2 amide bonds. The van der Waals surface area contributed by atoms with E-state index in [2.05, 4.69) is 15.5 Å². The lowest BCUT2D eigenvalue weighted by Gasteiger charge is -2.19. The van der Waals surface area contributed by atoms with E-state index in [0.29, 0.717) is 24.5 Å². The fourth-order valence-electron chi connectivity index (χ4n) is 4.22. The molecule has 0 radical (unpaired) electrons. The van der Waals surface area contributed by atoms with E-state index in [4.69, 9.17) is 5.73 Å². The van der Waals surface area contributed by atoms with Gasteiger partial charge in [-0.05, 0) is 48.5 Å². The van der Waals surface area contributed by atoms with Crippen molar-refractivity contribution in [3.63, 3.8) is 0 Å². The fourth-order valence-corrected chi connectivity index (χ4v) is 4.22. The van der Waals surface area contributed by atoms with Gasteiger partial charge in [-0.25, -0.2) is 8.78 Å². The average Bonchev–Trinajstić information content (AvgIpc) is 3.24. The van der Waals surface area contributed by atoms with Crippen LogP contribution in [-0.2, 0) is 9.59 Å². The van der Waals surface area contributed by atoms with Crippen molar-refractivity contribution in [2.75, 3.05) is 36.5 Å². The van der Waals surface area contributed by atoms with E-state index < -0.39 is 11.6 Å². The molecule has 0 saturated carbocycles. The smallest absolute Gasteiger partial charge is 0.248 e. The number of carbonyl (C=O) groups is 2. The monoisotopic (exact) mass is 476 g/mol. The molecule has 4 N–H and O–H groups in total. The molecule has 0 aliphatic carbocycles. The van der Waals surface area contributed by atoms with Gasteiger partial charge in [-0.2, -0.15) is 0 Å². The molecule has 3 aromatic carbocycles. The number of rotatable bonds is 6. The number of carbonyl (C=O) groups excluding carboxylic acids is 2. The number of hydrogen-bond donors (Lipinski definition) is 3. The molecule has 1 aliphatic heterocycles. The standard InChI is InChI=1S/C27H26F2N4O2/c1-33-15-20(21(16-33)27(35)31-19-11-12-22(28)23(29)14-19)18-9-6-17(7-10-18)8-13-26(34)32-25-5-3-2-4-24(25)30/h2-14,20-21H,15-16,30H2,1H3,(H,31,35)(H,32,34)/b13-8+.